The normalized spacial score (nSPS) is 29.2. The molecule has 0 spiro atoms. The topological polar surface area (TPSA) is 37.1 Å². The van der Waals surface area contributed by atoms with Crippen LogP contribution in [-0.4, -0.2) is 21.1 Å². The largest absolute Gasteiger partial charge is 0.437 e. The molecule has 0 bridgehead atoms. The van der Waals surface area contributed by atoms with Crippen LogP contribution in [0, 0.1) is 17.7 Å². The summed E-state index contributed by atoms with van der Waals surface area (Å²) in [6, 6.07) is 0. The molecule has 2 unspecified atom stereocenters. The molecule has 1 saturated heterocycles. The maximum Gasteiger partial charge on any atom is 0.437 e. The van der Waals surface area contributed by atoms with Gasteiger partial charge in [-0.05, 0) is 6.92 Å². The minimum atomic E-state index is -0.297. The Morgan fingerprint density at radius 3 is 2.60 bits per heavy atom. The Labute approximate surface area is 72.9 Å². The number of halogens is 1. The van der Waals surface area contributed by atoms with E-state index in [0.29, 0.717) is 17.7 Å². The van der Waals surface area contributed by atoms with Crippen LogP contribution in [0.2, 0.25) is 0 Å². The highest BCUT2D eigenvalue weighted by molar-refractivity contribution is 14.1. The zero-order chi connectivity index (χ0) is 7.72. The second-order valence-electron chi connectivity index (χ2n) is 2.35. The van der Waals surface area contributed by atoms with Gasteiger partial charge in [-0.15, -0.1) is 0 Å². The molecule has 1 radical (unpaired) electrons. The Bertz CT molecular complexity index is 179. The molecule has 1 rings (SSSR count). The fraction of sp³-hybridized carbons (Fsp3) is 0.667. The number of carbonyl (C=O) groups is 1. The molecule has 2 atom stereocenters. The van der Waals surface area contributed by atoms with Crippen LogP contribution in [0.15, 0.2) is 0 Å². The van der Waals surface area contributed by atoms with Crippen molar-refractivity contribution >= 4 is 28.5 Å². The molecule has 1 fully saturated rings. The molecule has 0 N–H and O–H groups in total. The van der Waals surface area contributed by atoms with E-state index in [2.05, 4.69) is 29.5 Å². The standard InChI is InChI=1S/C6H8INO2/c1-4(7)5-2-3-8(10)6(5)9/h4-5H,1-3H2/q+1. The second kappa shape index (κ2) is 2.94. The molecular weight excluding hydrogens is 245 g/mol. The summed E-state index contributed by atoms with van der Waals surface area (Å²) in [5, 5.41) is 0. The summed E-state index contributed by atoms with van der Waals surface area (Å²) in [6.07, 6.45) is 0.666. The van der Waals surface area contributed by atoms with Gasteiger partial charge in [0.2, 0.25) is 6.54 Å². The van der Waals surface area contributed by atoms with Crippen LogP contribution in [0.5, 0.6) is 0 Å². The van der Waals surface area contributed by atoms with E-state index < -0.39 is 0 Å². The molecule has 0 saturated carbocycles. The third-order valence-electron chi connectivity index (χ3n) is 1.64. The van der Waals surface area contributed by atoms with Gasteiger partial charge in [0.1, 0.15) is 5.92 Å². The molecule has 0 aromatic heterocycles. The molecule has 0 aliphatic carbocycles. The number of amides is 1. The molecular formula is C6H8INO2+. The Morgan fingerprint density at radius 2 is 2.40 bits per heavy atom. The maximum atomic E-state index is 10.9. The predicted octanol–water partition coefficient (Wildman–Crippen LogP) is 0.949. The van der Waals surface area contributed by atoms with E-state index in [9.17, 15) is 9.70 Å². The fourth-order valence-corrected chi connectivity index (χ4v) is 1.68. The maximum absolute atomic E-state index is 10.9. The van der Waals surface area contributed by atoms with Gasteiger partial charge < -0.3 is 0 Å². The summed E-state index contributed by atoms with van der Waals surface area (Å²) in [4.78, 5) is 21.5. The van der Waals surface area contributed by atoms with Gasteiger partial charge in [0.05, 0.1) is 4.76 Å². The van der Waals surface area contributed by atoms with E-state index in [1.54, 1.807) is 0 Å². The van der Waals surface area contributed by atoms with Crippen LogP contribution in [0.3, 0.4) is 0 Å². The van der Waals surface area contributed by atoms with Crippen molar-refractivity contribution in [1.82, 2.24) is 0 Å². The summed E-state index contributed by atoms with van der Waals surface area (Å²) < 4.78 is 0.561. The van der Waals surface area contributed by atoms with Gasteiger partial charge in [-0.1, -0.05) is 22.6 Å². The summed E-state index contributed by atoms with van der Waals surface area (Å²) in [5.41, 5.74) is 0. The van der Waals surface area contributed by atoms with Gasteiger partial charge in [-0.2, -0.15) is 0 Å². The first-order valence-corrected chi connectivity index (χ1v) is 4.33. The zero-order valence-electron chi connectivity index (χ0n) is 5.42. The number of carbonyl (C=O) groups excluding carboxylic acids is 1. The van der Waals surface area contributed by atoms with Crippen molar-refractivity contribution in [3.8, 4) is 0 Å². The Balaban J connectivity index is 2.66. The molecule has 1 aliphatic rings. The number of rotatable bonds is 1. The van der Waals surface area contributed by atoms with Crippen molar-refractivity contribution < 1.29 is 9.55 Å². The van der Waals surface area contributed by atoms with Crippen molar-refractivity contribution in [2.75, 3.05) is 6.54 Å². The predicted molar refractivity (Wildman–Crippen MR) is 44.8 cm³/mol. The lowest BCUT2D eigenvalue weighted by Crippen LogP contribution is -2.20. The van der Waals surface area contributed by atoms with Crippen LogP contribution >= 0.6 is 22.6 Å². The average molecular weight is 253 g/mol. The summed E-state index contributed by atoms with van der Waals surface area (Å²) >= 11 is 2.07. The van der Waals surface area contributed by atoms with E-state index in [1.165, 1.54) is 0 Å². The minimum Gasteiger partial charge on any atom is -0.215 e. The molecule has 55 valence electrons. The van der Waals surface area contributed by atoms with Crippen LogP contribution in [-0.2, 0) is 4.79 Å². The summed E-state index contributed by atoms with van der Waals surface area (Å²) in [7, 11) is 0. The summed E-state index contributed by atoms with van der Waals surface area (Å²) in [6.45, 7) is 4.05. The molecule has 1 amide bonds. The number of hydrogen-bond donors (Lipinski definition) is 0. The molecule has 0 aromatic rings. The fourth-order valence-electron chi connectivity index (χ4n) is 1.01. The highest BCUT2D eigenvalue weighted by atomic mass is 127. The van der Waals surface area contributed by atoms with Gasteiger partial charge in [0.15, 0.2) is 0 Å². The minimum absolute atomic E-state index is 0.0315. The number of alkyl halides is 1. The van der Waals surface area contributed by atoms with Crippen molar-refractivity contribution in [3.63, 3.8) is 0 Å². The van der Waals surface area contributed by atoms with Crippen LogP contribution in [0.4, 0.5) is 0 Å². The van der Waals surface area contributed by atoms with Crippen molar-refractivity contribution in [2.24, 2.45) is 5.92 Å². The molecule has 4 heteroatoms. The van der Waals surface area contributed by atoms with Gasteiger partial charge in [-0.3, -0.25) is 0 Å². The first kappa shape index (κ1) is 8.10. The van der Waals surface area contributed by atoms with Gasteiger partial charge in [-0.25, -0.2) is 4.79 Å². The quantitative estimate of drug-likeness (QED) is 0.396. The van der Waals surface area contributed by atoms with E-state index >= 15 is 0 Å². The average Bonchev–Trinajstić information content (AvgIpc) is 2.14. The number of hydrogen-bond acceptors (Lipinski definition) is 2. The zero-order valence-corrected chi connectivity index (χ0v) is 7.58. The Kier molecular flexibility index (Phi) is 2.38. The number of nitrogens with zero attached hydrogens (tertiary/aromatic N) is 1. The van der Waals surface area contributed by atoms with Crippen molar-refractivity contribution in [2.45, 2.75) is 10.3 Å². The molecule has 10 heavy (non-hydrogen) atoms. The second-order valence-corrected chi connectivity index (χ2v) is 3.95. The van der Waals surface area contributed by atoms with Crippen LogP contribution < -0.4 is 0 Å². The summed E-state index contributed by atoms with van der Waals surface area (Å²) in [5.74, 6) is -0.438. The van der Waals surface area contributed by atoms with Crippen LogP contribution in [0.1, 0.15) is 6.42 Å². The number of nitroso groups, excluding NO2 is 1. The molecule has 0 aromatic carbocycles. The SMILES string of the molecule is [CH2]C(I)C1CC[N+](=O)C1=O. The van der Waals surface area contributed by atoms with E-state index in [-0.39, 0.29) is 15.7 Å². The lowest BCUT2D eigenvalue weighted by atomic mass is 10.1. The molecule has 3 nitrogen and oxygen atoms in total. The highest BCUT2D eigenvalue weighted by Gasteiger charge is 2.42. The van der Waals surface area contributed by atoms with Crippen molar-refractivity contribution in [3.05, 3.63) is 11.8 Å². The van der Waals surface area contributed by atoms with Crippen molar-refractivity contribution in [1.29, 1.82) is 0 Å². The Morgan fingerprint density at radius 1 is 1.80 bits per heavy atom. The Hall–Kier alpha value is 0. The van der Waals surface area contributed by atoms with Gasteiger partial charge in [0.25, 0.3) is 0 Å². The molecule has 1 aliphatic heterocycles. The van der Waals surface area contributed by atoms with E-state index in [1.807, 2.05) is 0 Å². The lowest BCUT2D eigenvalue weighted by molar-refractivity contribution is -0.454. The van der Waals surface area contributed by atoms with Crippen LogP contribution in [0.25, 0.3) is 0 Å². The lowest BCUT2D eigenvalue weighted by Gasteiger charge is -2.01. The monoisotopic (exact) mass is 253 g/mol. The smallest absolute Gasteiger partial charge is 0.215 e. The first-order chi connectivity index (χ1) is 4.63. The van der Waals surface area contributed by atoms with E-state index in [0.717, 1.165) is 0 Å². The highest BCUT2D eigenvalue weighted by Crippen LogP contribution is 2.22. The van der Waals surface area contributed by atoms with Gasteiger partial charge in [0, 0.05) is 15.3 Å². The van der Waals surface area contributed by atoms with Gasteiger partial charge >= 0.3 is 5.91 Å². The molecule has 1 heterocycles. The first-order valence-electron chi connectivity index (χ1n) is 3.08. The third kappa shape index (κ3) is 1.36. The van der Waals surface area contributed by atoms with E-state index in [4.69, 9.17) is 0 Å². The third-order valence-corrected chi connectivity index (χ3v) is 2.51.